The zero-order valence-electron chi connectivity index (χ0n) is 21.7. The Bertz CT molecular complexity index is 1170. The average Bonchev–Trinajstić information content (AvgIpc) is 2.92. The first-order valence-corrected chi connectivity index (χ1v) is 12.6. The van der Waals surface area contributed by atoms with Crippen molar-refractivity contribution in [1.29, 1.82) is 0 Å². The van der Waals surface area contributed by atoms with Crippen LogP contribution in [0.5, 0.6) is 11.5 Å². The van der Waals surface area contributed by atoms with Gasteiger partial charge in [0.15, 0.2) is 11.5 Å². The largest absolute Gasteiger partial charge is 0.490 e. The molecule has 0 aromatic heterocycles. The highest BCUT2D eigenvalue weighted by atomic mass is 19.1. The van der Waals surface area contributed by atoms with Crippen molar-refractivity contribution in [2.75, 3.05) is 20.3 Å². The maximum atomic E-state index is 14.6. The van der Waals surface area contributed by atoms with Crippen molar-refractivity contribution in [2.24, 2.45) is 0 Å². The summed E-state index contributed by atoms with van der Waals surface area (Å²) in [7, 11) is 1.54. The van der Waals surface area contributed by atoms with Crippen molar-refractivity contribution in [2.45, 2.75) is 45.7 Å². The Hall–Kier alpha value is -3.87. The Labute approximate surface area is 218 Å². The molecule has 1 atom stereocenters. The number of aryl methyl sites for hydroxylation is 1. The van der Waals surface area contributed by atoms with E-state index in [0.717, 1.165) is 11.1 Å². The van der Waals surface area contributed by atoms with Gasteiger partial charge in [0.2, 0.25) is 11.8 Å². The fraction of sp³-hybridized carbons (Fsp3) is 0.333. The highest BCUT2D eigenvalue weighted by Crippen LogP contribution is 2.29. The minimum atomic E-state index is -0.793. The summed E-state index contributed by atoms with van der Waals surface area (Å²) in [4.78, 5) is 28.1. The quantitative estimate of drug-likeness (QED) is 0.357. The standard InChI is InChI=1S/C30H35FN2O4/c1-4-36-27-17-15-23(20-28(27)37-5-2)16-18-29(34)33(21-24-13-9-10-14-25(24)31)26(30(35)32-3)19-22-11-7-6-8-12-22/h6-15,17,20,26H,4-5,16,18-19,21H2,1-3H3,(H,32,35)/t26-/m1/s1. The van der Waals surface area contributed by atoms with E-state index in [1.54, 1.807) is 25.2 Å². The normalized spacial score (nSPS) is 11.5. The first-order chi connectivity index (χ1) is 18.0. The highest BCUT2D eigenvalue weighted by molar-refractivity contribution is 5.88. The average molecular weight is 507 g/mol. The van der Waals surface area contributed by atoms with Gasteiger partial charge in [-0.15, -0.1) is 0 Å². The summed E-state index contributed by atoms with van der Waals surface area (Å²) in [5, 5.41) is 2.68. The van der Waals surface area contributed by atoms with Crippen LogP contribution in [0.3, 0.4) is 0 Å². The molecule has 0 aliphatic heterocycles. The number of rotatable bonds is 13. The molecule has 0 heterocycles. The van der Waals surface area contributed by atoms with Crippen LogP contribution in [0.4, 0.5) is 4.39 Å². The van der Waals surface area contributed by atoms with Gasteiger partial charge in [-0.25, -0.2) is 4.39 Å². The molecule has 37 heavy (non-hydrogen) atoms. The number of carbonyl (C=O) groups excluding carboxylic acids is 2. The monoisotopic (exact) mass is 506 g/mol. The van der Waals surface area contributed by atoms with E-state index in [1.807, 2.05) is 62.4 Å². The third-order valence-corrected chi connectivity index (χ3v) is 6.05. The van der Waals surface area contributed by atoms with Crippen LogP contribution < -0.4 is 14.8 Å². The van der Waals surface area contributed by atoms with Crippen LogP contribution in [0, 0.1) is 5.82 Å². The van der Waals surface area contributed by atoms with E-state index in [4.69, 9.17) is 9.47 Å². The molecule has 0 aliphatic carbocycles. The Morgan fingerprint density at radius 2 is 1.57 bits per heavy atom. The minimum absolute atomic E-state index is 0.0100. The maximum Gasteiger partial charge on any atom is 0.242 e. The summed E-state index contributed by atoms with van der Waals surface area (Å²) in [5.74, 6) is 0.337. The topological polar surface area (TPSA) is 67.9 Å². The number of halogens is 1. The molecule has 0 spiro atoms. The molecular weight excluding hydrogens is 471 g/mol. The molecule has 7 heteroatoms. The number of nitrogens with zero attached hydrogens (tertiary/aromatic N) is 1. The summed E-state index contributed by atoms with van der Waals surface area (Å²) in [6.45, 7) is 4.81. The van der Waals surface area contributed by atoms with Crippen LogP contribution in [0.1, 0.15) is 37.0 Å². The molecule has 0 radical (unpaired) electrons. The lowest BCUT2D eigenvalue weighted by atomic mass is 10.0. The third-order valence-electron chi connectivity index (χ3n) is 6.05. The Balaban J connectivity index is 1.87. The molecule has 196 valence electrons. The van der Waals surface area contributed by atoms with E-state index >= 15 is 0 Å². The van der Waals surface area contributed by atoms with Gasteiger partial charge in [-0.2, -0.15) is 0 Å². The summed E-state index contributed by atoms with van der Waals surface area (Å²) in [6, 6.07) is 20.7. The van der Waals surface area contributed by atoms with Crippen molar-refractivity contribution < 1.29 is 23.5 Å². The third kappa shape index (κ3) is 7.81. The van der Waals surface area contributed by atoms with Gasteiger partial charge in [-0.1, -0.05) is 54.6 Å². The molecule has 1 N–H and O–H groups in total. The van der Waals surface area contributed by atoms with Crippen LogP contribution in [0.2, 0.25) is 0 Å². The second-order valence-electron chi connectivity index (χ2n) is 8.58. The summed E-state index contributed by atoms with van der Waals surface area (Å²) >= 11 is 0. The van der Waals surface area contributed by atoms with E-state index in [9.17, 15) is 14.0 Å². The molecule has 0 fully saturated rings. The van der Waals surface area contributed by atoms with Gasteiger partial charge in [0.05, 0.1) is 13.2 Å². The molecule has 0 saturated carbocycles. The highest BCUT2D eigenvalue weighted by Gasteiger charge is 2.30. The lowest BCUT2D eigenvalue weighted by molar-refractivity contribution is -0.141. The molecule has 3 aromatic rings. The Morgan fingerprint density at radius 3 is 2.24 bits per heavy atom. The van der Waals surface area contributed by atoms with E-state index in [2.05, 4.69) is 5.32 Å². The van der Waals surface area contributed by atoms with E-state index in [1.165, 1.54) is 11.0 Å². The van der Waals surface area contributed by atoms with Crippen LogP contribution in [-0.2, 0) is 29.0 Å². The number of ether oxygens (including phenoxy) is 2. The molecular formula is C30H35FN2O4. The Kier molecular flexibility index (Phi) is 10.5. The second-order valence-corrected chi connectivity index (χ2v) is 8.58. The van der Waals surface area contributed by atoms with Crippen molar-refractivity contribution in [3.8, 4) is 11.5 Å². The SMILES string of the molecule is CCOc1ccc(CCC(=O)N(Cc2ccccc2F)[C@H](Cc2ccccc2)C(=O)NC)cc1OCC. The van der Waals surface area contributed by atoms with Crippen LogP contribution >= 0.6 is 0 Å². The summed E-state index contributed by atoms with van der Waals surface area (Å²) in [5.41, 5.74) is 2.18. The molecule has 0 aliphatic rings. The lowest BCUT2D eigenvalue weighted by Gasteiger charge is -2.31. The maximum absolute atomic E-state index is 14.6. The zero-order chi connectivity index (χ0) is 26.6. The number of benzene rings is 3. The van der Waals surface area contributed by atoms with Crippen molar-refractivity contribution >= 4 is 11.8 Å². The second kappa shape index (κ2) is 14.0. The predicted octanol–water partition coefficient (Wildman–Crippen LogP) is 4.94. The molecule has 6 nitrogen and oxygen atoms in total. The molecule has 3 aromatic carbocycles. The number of amides is 2. The zero-order valence-corrected chi connectivity index (χ0v) is 21.7. The molecule has 0 unspecified atom stereocenters. The molecule has 0 bridgehead atoms. The number of nitrogens with one attached hydrogen (secondary N) is 1. The summed E-state index contributed by atoms with van der Waals surface area (Å²) < 4.78 is 25.9. The number of carbonyl (C=O) groups is 2. The van der Waals surface area contributed by atoms with Gasteiger partial charge >= 0.3 is 0 Å². The number of likely N-dealkylation sites (N-methyl/N-ethyl adjacent to an activating group) is 1. The minimum Gasteiger partial charge on any atom is -0.490 e. The van der Waals surface area contributed by atoms with Crippen LogP contribution in [0.25, 0.3) is 0 Å². The van der Waals surface area contributed by atoms with Gasteiger partial charge in [0.25, 0.3) is 0 Å². The van der Waals surface area contributed by atoms with E-state index < -0.39 is 11.9 Å². The Morgan fingerprint density at radius 1 is 0.892 bits per heavy atom. The van der Waals surface area contributed by atoms with E-state index in [0.29, 0.717) is 43.1 Å². The molecule has 3 rings (SSSR count). The predicted molar refractivity (Wildman–Crippen MR) is 142 cm³/mol. The van der Waals surface area contributed by atoms with E-state index in [-0.39, 0.29) is 24.8 Å². The van der Waals surface area contributed by atoms with Gasteiger partial charge in [-0.3, -0.25) is 9.59 Å². The van der Waals surface area contributed by atoms with Crippen LogP contribution in [0.15, 0.2) is 72.8 Å². The fourth-order valence-corrected chi connectivity index (χ4v) is 4.18. The number of hydrogen-bond donors (Lipinski definition) is 1. The fourth-order valence-electron chi connectivity index (χ4n) is 4.18. The van der Waals surface area contributed by atoms with Crippen molar-refractivity contribution in [1.82, 2.24) is 10.2 Å². The van der Waals surface area contributed by atoms with Gasteiger partial charge < -0.3 is 19.7 Å². The van der Waals surface area contributed by atoms with Crippen LogP contribution in [-0.4, -0.2) is 43.0 Å². The molecule has 2 amide bonds. The summed E-state index contributed by atoms with van der Waals surface area (Å²) in [6.07, 6.45) is 0.902. The smallest absolute Gasteiger partial charge is 0.242 e. The first-order valence-electron chi connectivity index (χ1n) is 12.6. The first kappa shape index (κ1) is 27.7. The number of hydrogen-bond acceptors (Lipinski definition) is 4. The van der Waals surface area contributed by atoms with Gasteiger partial charge in [-0.05, 0) is 49.6 Å². The van der Waals surface area contributed by atoms with Gasteiger partial charge in [0.1, 0.15) is 11.9 Å². The van der Waals surface area contributed by atoms with Crippen molar-refractivity contribution in [3.63, 3.8) is 0 Å². The lowest BCUT2D eigenvalue weighted by Crippen LogP contribution is -2.49. The van der Waals surface area contributed by atoms with Crippen molar-refractivity contribution in [3.05, 3.63) is 95.3 Å². The van der Waals surface area contributed by atoms with Gasteiger partial charge in [0, 0.05) is 32.0 Å². The molecule has 0 saturated heterocycles.